The second-order valence-electron chi connectivity index (χ2n) is 8.03. The van der Waals surface area contributed by atoms with Crippen LogP contribution in [-0.2, 0) is 6.54 Å². The van der Waals surface area contributed by atoms with Gasteiger partial charge in [0.2, 0.25) is 0 Å². The number of hydrogen-bond acceptors (Lipinski definition) is 4. The number of hydrazone groups is 1. The molecular formula is C27H23FN6O. The Morgan fingerprint density at radius 3 is 2.60 bits per heavy atom. The van der Waals surface area contributed by atoms with Gasteiger partial charge >= 0.3 is 0 Å². The van der Waals surface area contributed by atoms with Gasteiger partial charge < -0.3 is 4.57 Å². The van der Waals surface area contributed by atoms with E-state index in [1.54, 1.807) is 28.9 Å². The van der Waals surface area contributed by atoms with Crippen LogP contribution in [0, 0.1) is 12.7 Å². The van der Waals surface area contributed by atoms with Crippen LogP contribution < -0.4 is 5.43 Å². The van der Waals surface area contributed by atoms with Crippen molar-refractivity contribution in [3.8, 4) is 16.9 Å². The maximum absolute atomic E-state index is 13.5. The van der Waals surface area contributed by atoms with Crippen LogP contribution in [0.25, 0.3) is 28.0 Å². The van der Waals surface area contributed by atoms with E-state index < -0.39 is 0 Å². The van der Waals surface area contributed by atoms with Gasteiger partial charge in [0, 0.05) is 29.4 Å². The number of aromatic nitrogens is 4. The lowest BCUT2D eigenvalue weighted by atomic mass is 10.1. The van der Waals surface area contributed by atoms with Gasteiger partial charge in [-0.2, -0.15) is 10.2 Å². The van der Waals surface area contributed by atoms with E-state index in [9.17, 15) is 9.18 Å². The zero-order chi connectivity index (χ0) is 24.4. The number of hydrogen-bond donors (Lipinski definition) is 1. The predicted molar refractivity (Wildman–Crippen MR) is 134 cm³/mol. The first kappa shape index (κ1) is 22.2. The molecule has 0 aliphatic carbocycles. The molecule has 0 spiro atoms. The molecule has 0 radical (unpaired) electrons. The number of para-hydroxylation sites is 1. The summed E-state index contributed by atoms with van der Waals surface area (Å²) in [6, 6.07) is 21.2. The SMILES string of the molecule is CCn1c(C)nc2cc(C(=O)N/N=C\c3cn(-c4ccccc4)nc3-c3ccc(F)cc3)ccc21. The number of aryl methyl sites for hydroxylation is 2. The number of nitrogens with one attached hydrogen (secondary N) is 1. The van der Waals surface area contributed by atoms with E-state index in [0.717, 1.165) is 34.7 Å². The van der Waals surface area contributed by atoms with Crippen LogP contribution in [0.2, 0.25) is 0 Å². The molecule has 1 N–H and O–H groups in total. The first-order valence-corrected chi connectivity index (χ1v) is 11.2. The summed E-state index contributed by atoms with van der Waals surface area (Å²) in [6.07, 6.45) is 3.35. The lowest BCUT2D eigenvalue weighted by molar-refractivity contribution is 0.0955. The highest BCUT2D eigenvalue weighted by Gasteiger charge is 2.13. The number of rotatable bonds is 6. The van der Waals surface area contributed by atoms with Crippen molar-refractivity contribution < 1.29 is 9.18 Å². The minimum Gasteiger partial charge on any atom is -0.329 e. The smallest absolute Gasteiger partial charge is 0.271 e. The van der Waals surface area contributed by atoms with Crippen LogP contribution in [0.5, 0.6) is 0 Å². The lowest BCUT2D eigenvalue weighted by Gasteiger charge is -2.03. The molecule has 0 aliphatic rings. The highest BCUT2D eigenvalue weighted by Crippen LogP contribution is 2.23. The predicted octanol–water partition coefficient (Wildman–Crippen LogP) is 5.12. The van der Waals surface area contributed by atoms with Crippen LogP contribution in [0.15, 0.2) is 84.1 Å². The van der Waals surface area contributed by atoms with Gasteiger partial charge in [0.15, 0.2) is 0 Å². The number of carbonyl (C=O) groups excluding carboxylic acids is 1. The third kappa shape index (κ3) is 4.46. The van der Waals surface area contributed by atoms with Gasteiger partial charge in [0.25, 0.3) is 5.91 Å². The lowest BCUT2D eigenvalue weighted by Crippen LogP contribution is -2.17. The Kier molecular flexibility index (Phi) is 5.93. The summed E-state index contributed by atoms with van der Waals surface area (Å²) >= 11 is 0. The van der Waals surface area contributed by atoms with Crippen molar-refractivity contribution in [2.45, 2.75) is 20.4 Å². The number of halogens is 1. The molecule has 0 fully saturated rings. The maximum atomic E-state index is 13.5. The van der Waals surface area contributed by atoms with Gasteiger partial charge in [0.1, 0.15) is 17.3 Å². The fraction of sp³-hybridized carbons (Fsp3) is 0.111. The molecule has 0 bridgehead atoms. The van der Waals surface area contributed by atoms with Crippen molar-refractivity contribution in [3.63, 3.8) is 0 Å². The monoisotopic (exact) mass is 466 g/mol. The zero-order valence-electron chi connectivity index (χ0n) is 19.3. The van der Waals surface area contributed by atoms with E-state index in [2.05, 4.69) is 32.1 Å². The van der Waals surface area contributed by atoms with Crippen molar-refractivity contribution in [2.75, 3.05) is 0 Å². The molecule has 7 nitrogen and oxygen atoms in total. The number of nitrogens with zero attached hydrogens (tertiary/aromatic N) is 5. The van der Waals surface area contributed by atoms with Crippen LogP contribution in [0.3, 0.4) is 0 Å². The molecule has 1 amide bonds. The molecule has 0 saturated carbocycles. The van der Waals surface area contributed by atoms with Crippen molar-refractivity contribution in [3.05, 3.63) is 102 Å². The first-order valence-electron chi connectivity index (χ1n) is 11.2. The normalized spacial score (nSPS) is 11.4. The van der Waals surface area contributed by atoms with E-state index in [1.165, 1.54) is 18.3 Å². The Hall–Kier alpha value is -4.59. The van der Waals surface area contributed by atoms with Gasteiger partial charge in [-0.05, 0) is 68.4 Å². The minimum atomic E-state index is -0.342. The topological polar surface area (TPSA) is 77.1 Å². The molecule has 0 atom stereocenters. The summed E-state index contributed by atoms with van der Waals surface area (Å²) < 4.78 is 17.3. The van der Waals surface area contributed by atoms with Crippen LogP contribution >= 0.6 is 0 Å². The van der Waals surface area contributed by atoms with Crippen molar-refractivity contribution in [1.82, 2.24) is 24.8 Å². The molecule has 0 saturated heterocycles. The van der Waals surface area contributed by atoms with Crippen molar-refractivity contribution in [2.24, 2.45) is 5.10 Å². The third-order valence-corrected chi connectivity index (χ3v) is 5.77. The van der Waals surface area contributed by atoms with Gasteiger partial charge in [-0.1, -0.05) is 18.2 Å². The second-order valence-corrected chi connectivity index (χ2v) is 8.03. The molecule has 8 heteroatoms. The number of fused-ring (bicyclic) bond motifs is 1. The minimum absolute atomic E-state index is 0.324. The Labute approximate surface area is 201 Å². The Balaban J connectivity index is 1.42. The van der Waals surface area contributed by atoms with Gasteiger partial charge in [0.05, 0.1) is 22.9 Å². The second kappa shape index (κ2) is 9.34. The fourth-order valence-corrected chi connectivity index (χ4v) is 4.04. The van der Waals surface area contributed by atoms with Crippen LogP contribution in [0.1, 0.15) is 28.7 Å². The molecule has 2 heterocycles. The Bertz CT molecular complexity index is 1530. The van der Waals surface area contributed by atoms with Gasteiger partial charge in [-0.3, -0.25) is 4.79 Å². The summed E-state index contributed by atoms with van der Waals surface area (Å²) in [5.74, 6) is 0.238. The Morgan fingerprint density at radius 1 is 1.09 bits per heavy atom. The van der Waals surface area contributed by atoms with Crippen molar-refractivity contribution >= 4 is 23.2 Å². The van der Waals surface area contributed by atoms with Crippen molar-refractivity contribution in [1.29, 1.82) is 0 Å². The highest BCUT2D eigenvalue weighted by atomic mass is 19.1. The number of imidazole rings is 1. The standard InChI is InChI=1S/C27H23FN6O/c1-3-33-18(2)30-24-15-20(11-14-25(24)33)27(35)31-29-16-21-17-34(23-7-5-4-6-8-23)32-26(21)19-9-12-22(28)13-10-19/h4-17H,3H2,1-2H3,(H,31,35)/b29-16-. The zero-order valence-corrected chi connectivity index (χ0v) is 19.3. The van der Waals surface area contributed by atoms with Gasteiger partial charge in [-0.15, -0.1) is 0 Å². The summed E-state index contributed by atoms with van der Waals surface area (Å²) in [6.45, 7) is 4.82. The molecule has 5 rings (SSSR count). The largest absolute Gasteiger partial charge is 0.329 e. The van der Waals surface area contributed by atoms with Gasteiger partial charge in [-0.25, -0.2) is 19.5 Å². The molecule has 35 heavy (non-hydrogen) atoms. The molecular weight excluding hydrogens is 443 g/mol. The summed E-state index contributed by atoms with van der Waals surface area (Å²) in [7, 11) is 0. The highest BCUT2D eigenvalue weighted by molar-refractivity contribution is 5.98. The van der Waals surface area contributed by atoms with Crippen LogP contribution in [0.4, 0.5) is 4.39 Å². The van der Waals surface area contributed by atoms with E-state index >= 15 is 0 Å². The molecule has 174 valence electrons. The first-order chi connectivity index (χ1) is 17.0. The molecule has 5 aromatic rings. The Morgan fingerprint density at radius 2 is 1.86 bits per heavy atom. The average Bonchev–Trinajstić information content (AvgIpc) is 3.44. The van der Waals surface area contributed by atoms with E-state index in [0.29, 0.717) is 16.8 Å². The molecule has 2 aromatic heterocycles. The number of benzene rings is 3. The van der Waals surface area contributed by atoms with E-state index in [1.807, 2.05) is 49.5 Å². The molecule has 0 unspecified atom stereocenters. The average molecular weight is 467 g/mol. The number of carbonyl (C=O) groups is 1. The fourth-order valence-electron chi connectivity index (χ4n) is 4.04. The maximum Gasteiger partial charge on any atom is 0.271 e. The summed E-state index contributed by atoms with van der Waals surface area (Å²) in [5.41, 5.74) is 7.71. The summed E-state index contributed by atoms with van der Waals surface area (Å²) in [4.78, 5) is 17.3. The number of amides is 1. The third-order valence-electron chi connectivity index (χ3n) is 5.77. The van der Waals surface area contributed by atoms with E-state index in [4.69, 9.17) is 0 Å². The van der Waals surface area contributed by atoms with Crippen LogP contribution in [-0.4, -0.2) is 31.5 Å². The quantitative estimate of drug-likeness (QED) is 0.279. The summed E-state index contributed by atoms with van der Waals surface area (Å²) in [5, 5.41) is 8.84. The molecule has 3 aromatic carbocycles. The molecule has 0 aliphatic heterocycles. The van der Waals surface area contributed by atoms with E-state index in [-0.39, 0.29) is 11.7 Å².